The van der Waals surface area contributed by atoms with E-state index in [1.54, 1.807) is 0 Å². The van der Waals surface area contributed by atoms with E-state index in [1.807, 2.05) is 0 Å². The second kappa shape index (κ2) is 7.59. The van der Waals surface area contributed by atoms with E-state index in [-0.39, 0.29) is 5.54 Å². The quantitative estimate of drug-likeness (QED) is 0.554. The summed E-state index contributed by atoms with van der Waals surface area (Å²) >= 11 is 0. The largest absolute Gasteiger partial charge is 0.542 e. The average Bonchev–Trinajstić information content (AvgIpc) is 2.49. The molecule has 1 aromatic carbocycles. The van der Waals surface area contributed by atoms with Gasteiger partial charge in [-0.1, -0.05) is 47.6 Å². The standard InChI is InChI=1S/C22H36N2OSi/c1-15(2)26(16(3)4,17(5)6)25-20-12-10-11-19-18(20)13-14-21(23-19)24-22(7,8)9/h10-17H,1-9H3,(H,23,24). The Kier molecular flexibility index (Phi) is 6.06. The predicted molar refractivity (Wildman–Crippen MR) is 117 cm³/mol. The van der Waals surface area contributed by atoms with Crippen molar-refractivity contribution in [1.82, 2.24) is 4.98 Å². The summed E-state index contributed by atoms with van der Waals surface area (Å²) in [5.74, 6) is 1.89. The number of hydrogen-bond donors (Lipinski definition) is 1. The van der Waals surface area contributed by atoms with Gasteiger partial charge in [-0.25, -0.2) is 4.98 Å². The minimum absolute atomic E-state index is 0.0101. The SMILES string of the molecule is CC(C)[Si](Oc1cccc2nc(NC(C)(C)C)ccc12)(C(C)C)C(C)C. The third-order valence-electron chi connectivity index (χ3n) is 5.19. The van der Waals surface area contributed by atoms with Gasteiger partial charge in [0, 0.05) is 10.9 Å². The molecule has 1 aromatic heterocycles. The smallest absolute Gasteiger partial charge is 0.258 e. The fraction of sp³-hybridized carbons (Fsp3) is 0.591. The summed E-state index contributed by atoms with van der Waals surface area (Å²) in [6.07, 6.45) is 0. The molecule has 26 heavy (non-hydrogen) atoms. The Morgan fingerprint density at radius 3 is 1.96 bits per heavy atom. The van der Waals surface area contributed by atoms with Crippen LogP contribution in [0.25, 0.3) is 10.9 Å². The van der Waals surface area contributed by atoms with E-state index in [0.29, 0.717) is 16.6 Å². The normalized spacial score (nSPS) is 13.1. The topological polar surface area (TPSA) is 34.1 Å². The number of nitrogens with one attached hydrogen (secondary N) is 1. The lowest BCUT2D eigenvalue weighted by Crippen LogP contribution is -2.50. The molecular weight excluding hydrogens is 336 g/mol. The molecule has 1 heterocycles. The lowest BCUT2D eigenvalue weighted by molar-refractivity contribution is 0.484. The maximum atomic E-state index is 6.92. The van der Waals surface area contributed by atoms with E-state index in [0.717, 1.165) is 22.5 Å². The monoisotopic (exact) mass is 372 g/mol. The van der Waals surface area contributed by atoms with Crippen molar-refractivity contribution in [2.45, 2.75) is 84.5 Å². The fourth-order valence-corrected chi connectivity index (χ4v) is 9.48. The first-order chi connectivity index (χ1) is 12.0. The number of pyridine rings is 1. The van der Waals surface area contributed by atoms with Crippen molar-refractivity contribution >= 4 is 25.0 Å². The Morgan fingerprint density at radius 2 is 1.46 bits per heavy atom. The molecule has 0 spiro atoms. The number of fused-ring (bicyclic) bond motifs is 1. The van der Waals surface area contributed by atoms with Crippen molar-refractivity contribution in [3.05, 3.63) is 30.3 Å². The van der Waals surface area contributed by atoms with Crippen LogP contribution in [0.2, 0.25) is 16.6 Å². The molecule has 0 amide bonds. The molecule has 1 N–H and O–H groups in total. The molecule has 0 unspecified atom stereocenters. The zero-order valence-electron chi connectivity index (χ0n) is 18.0. The van der Waals surface area contributed by atoms with E-state index in [1.165, 1.54) is 0 Å². The number of rotatable bonds is 6. The van der Waals surface area contributed by atoms with Crippen molar-refractivity contribution in [3.8, 4) is 5.75 Å². The maximum Gasteiger partial charge on any atom is 0.258 e. The van der Waals surface area contributed by atoms with Gasteiger partial charge in [-0.05, 0) is 61.7 Å². The highest BCUT2D eigenvalue weighted by Crippen LogP contribution is 2.44. The van der Waals surface area contributed by atoms with Crippen LogP contribution >= 0.6 is 0 Å². The van der Waals surface area contributed by atoms with Gasteiger partial charge in [-0.2, -0.15) is 0 Å². The van der Waals surface area contributed by atoms with E-state index in [2.05, 4.69) is 98.0 Å². The van der Waals surface area contributed by atoms with Crippen LogP contribution in [0.3, 0.4) is 0 Å². The van der Waals surface area contributed by atoms with Gasteiger partial charge in [0.2, 0.25) is 0 Å². The molecule has 0 saturated carbocycles. The summed E-state index contributed by atoms with van der Waals surface area (Å²) in [7, 11) is -1.98. The van der Waals surface area contributed by atoms with Gasteiger partial charge in [0.05, 0.1) is 5.52 Å². The fourth-order valence-electron chi connectivity index (χ4n) is 4.21. The Hall–Kier alpha value is -1.55. The van der Waals surface area contributed by atoms with Crippen molar-refractivity contribution in [2.24, 2.45) is 0 Å². The highest BCUT2D eigenvalue weighted by molar-refractivity contribution is 6.78. The van der Waals surface area contributed by atoms with Crippen LogP contribution in [0.1, 0.15) is 62.3 Å². The highest BCUT2D eigenvalue weighted by atomic mass is 28.4. The van der Waals surface area contributed by atoms with Crippen LogP contribution in [-0.4, -0.2) is 18.8 Å². The number of anilines is 1. The van der Waals surface area contributed by atoms with E-state index < -0.39 is 8.32 Å². The number of nitrogens with zero attached hydrogens (tertiary/aromatic N) is 1. The summed E-state index contributed by atoms with van der Waals surface area (Å²) in [6, 6.07) is 10.4. The molecule has 0 aliphatic heterocycles. The second-order valence-electron chi connectivity index (χ2n) is 9.31. The molecule has 4 heteroatoms. The van der Waals surface area contributed by atoms with Gasteiger partial charge in [0.25, 0.3) is 8.32 Å². The molecule has 144 valence electrons. The lowest BCUT2D eigenvalue weighted by Gasteiger charge is -2.42. The number of aromatic nitrogens is 1. The van der Waals surface area contributed by atoms with Crippen LogP contribution in [0, 0.1) is 0 Å². The highest BCUT2D eigenvalue weighted by Gasteiger charge is 2.47. The van der Waals surface area contributed by atoms with Crippen LogP contribution in [-0.2, 0) is 0 Å². The number of benzene rings is 1. The first-order valence-corrected chi connectivity index (χ1v) is 12.0. The van der Waals surface area contributed by atoms with Gasteiger partial charge < -0.3 is 9.74 Å². The lowest BCUT2D eigenvalue weighted by atomic mass is 10.1. The Labute approximate surface area is 160 Å². The van der Waals surface area contributed by atoms with Gasteiger partial charge in [-0.3, -0.25) is 0 Å². The Balaban J connectivity index is 2.49. The van der Waals surface area contributed by atoms with Crippen LogP contribution in [0.4, 0.5) is 5.82 Å². The molecule has 3 nitrogen and oxygen atoms in total. The van der Waals surface area contributed by atoms with E-state index in [4.69, 9.17) is 9.41 Å². The summed E-state index contributed by atoms with van der Waals surface area (Å²) in [5.41, 5.74) is 2.62. The van der Waals surface area contributed by atoms with Crippen molar-refractivity contribution in [3.63, 3.8) is 0 Å². The molecule has 0 saturated heterocycles. The molecule has 2 aromatic rings. The minimum atomic E-state index is -1.98. The molecule has 0 aliphatic rings. The van der Waals surface area contributed by atoms with Gasteiger partial charge in [0.15, 0.2) is 0 Å². The molecule has 2 rings (SSSR count). The molecule has 0 aliphatic carbocycles. The van der Waals surface area contributed by atoms with Crippen molar-refractivity contribution < 1.29 is 4.43 Å². The average molecular weight is 373 g/mol. The first-order valence-electron chi connectivity index (χ1n) is 9.84. The van der Waals surface area contributed by atoms with Gasteiger partial charge in [0.1, 0.15) is 11.6 Å². The third-order valence-corrected chi connectivity index (χ3v) is 11.2. The zero-order chi connectivity index (χ0) is 19.7. The first kappa shape index (κ1) is 20.8. The Morgan fingerprint density at radius 1 is 0.885 bits per heavy atom. The van der Waals surface area contributed by atoms with E-state index >= 15 is 0 Å². The second-order valence-corrected chi connectivity index (χ2v) is 14.7. The van der Waals surface area contributed by atoms with Crippen molar-refractivity contribution in [1.29, 1.82) is 0 Å². The van der Waals surface area contributed by atoms with Gasteiger partial charge in [-0.15, -0.1) is 0 Å². The molecule has 0 bridgehead atoms. The minimum Gasteiger partial charge on any atom is -0.542 e. The molecule has 0 fully saturated rings. The summed E-state index contributed by atoms with van der Waals surface area (Å²) < 4.78 is 6.92. The molecule has 0 atom stereocenters. The summed E-state index contributed by atoms with van der Waals surface area (Å²) in [5, 5.41) is 4.55. The molecular formula is C22H36N2OSi. The number of hydrogen-bond acceptors (Lipinski definition) is 3. The predicted octanol–water partition coefficient (Wildman–Crippen LogP) is 7.00. The van der Waals surface area contributed by atoms with Gasteiger partial charge >= 0.3 is 0 Å². The van der Waals surface area contributed by atoms with Crippen LogP contribution in [0.15, 0.2) is 30.3 Å². The zero-order valence-corrected chi connectivity index (χ0v) is 19.0. The third kappa shape index (κ3) is 4.22. The van der Waals surface area contributed by atoms with Crippen molar-refractivity contribution in [2.75, 3.05) is 5.32 Å². The summed E-state index contributed by atoms with van der Waals surface area (Å²) in [6.45, 7) is 20.4. The van der Waals surface area contributed by atoms with Crippen LogP contribution < -0.4 is 9.74 Å². The molecule has 0 radical (unpaired) electrons. The van der Waals surface area contributed by atoms with E-state index in [9.17, 15) is 0 Å². The van der Waals surface area contributed by atoms with Crippen LogP contribution in [0.5, 0.6) is 5.75 Å². The summed E-state index contributed by atoms with van der Waals surface area (Å²) in [4.78, 5) is 4.81. The Bertz CT molecular complexity index is 726. The maximum absolute atomic E-state index is 6.92.